The number of fused-ring (bicyclic) bond motifs is 1. The lowest BCUT2D eigenvalue weighted by Crippen LogP contribution is -2.24. The van der Waals surface area contributed by atoms with Crippen molar-refractivity contribution in [2.45, 2.75) is 71.9 Å². The third-order valence-electron chi connectivity index (χ3n) is 4.43. The van der Waals surface area contributed by atoms with Crippen molar-refractivity contribution in [3.63, 3.8) is 0 Å². The largest absolute Gasteiger partial charge is 0.361 e. The second-order valence-corrected chi connectivity index (χ2v) is 6.95. The van der Waals surface area contributed by atoms with Crippen LogP contribution in [0.15, 0.2) is 4.52 Å². The molecule has 2 heterocycles. The van der Waals surface area contributed by atoms with Gasteiger partial charge in [0.1, 0.15) is 5.76 Å². The number of aryl methyl sites for hydroxylation is 4. The number of aromatic nitrogens is 2. The zero-order chi connectivity index (χ0) is 15.5. The van der Waals surface area contributed by atoms with Gasteiger partial charge in [-0.1, -0.05) is 25.9 Å². The first kappa shape index (κ1) is 15.7. The van der Waals surface area contributed by atoms with E-state index >= 15 is 0 Å². The van der Waals surface area contributed by atoms with Gasteiger partial charge in [-0.15, -0.1) is 11.3 Å². The Morgan fingerprint density at radius 3 is 2.82 bits per heavy atom. The molecule has 0 fully saturated rings. The zero-order valence-electron chi connectivity index (χ0n) is 13.7. The summed E-state index contributed by atoms with van der Waals surface area (Å²) in [4.78, 5) is 6.23. The third-order valence-corrected chi connectivity index (χ3v) is 5.79. The van der Waals surface area contributed by atoms with Crippen molar-refractivity contribution in [2.75, 3.05) is 0 Å². The fourth-order valence-electron chi connectivity index (χ4n) is 3.18. The molecule has 3 rings (SSSR count). The zero-order valence-corrected chi connectivity index (χ0v) is 14.6. The maximum Gasteiger partial charge on any atom is 0.141 e. The number of rotatable bonds is 6. The van der Waals surface area contributed by atoms with E-state index in [4.69, 9.17) is 9.51 Å². The predicted octanol–water partition coefficient (Wildman–Crippen LogP) is 3.99. The monoisotopic (exact) mass is 319 g/mol. The summed E-state index contributed by atoms with van der Waals surface area (Å²) in [5.41, 5.74) is 3.68. The molecule has 22 heavy (non-hydrogen) atoms. The van der Waals surface area contributed by atoms with Gasteiger partial charge in [-0.25, -0.2) is 4.98 Å². The molecule has 0 aromatic carbocycles. The summed E-state index contributed by atoms with van der Waals surface area (Å²) < 4.78 is 5.47. The van der Waals surface area contributed by atoms with Gasteiger partial charge >= 0.3 is 0 Å². The van der Waals surface area contributed by atoms with Crippen LogP contribution in [0.2, 0.25) is 0 Å². The van der Waals surface area contributed by atoms with E-state index in [1.807, 2.05) is 11.3 Å². The van der Waals surface area contributed by atoms with Crippen molar-refractivity contribution in [2.24, 2.45) is 0 Å². The molecule has 1 N–H and O–H groups in total. The fourth-order valence-corrected chi connectivity index (χ4v) is 4.34. The summed E-state index contributed by atoms with van der Waals surface area (Å²) in [6.07, 6.45) is 6.43. The first-order chi connectivity index (χ1) is 10.8. The molecule has 1 aliphatic carbocycles. The minimum absolute atomic E-state index is 0.436. The lowest BCUT2D eigenvalue weighted by Gasteiger charge is -2.22. The topological polar surface area (TPSA) is 51.0 Å². The van der Waals surface area contributed by atoms with Crippen LogP contribution in [0.3, 0.4) is 0 Å². The summed E-state index contributed by atoms with van der Waals surface area (Å²) in [6.45, 7) is 7.29. The Bertz CT molecular complexity index is 610. The molecule has 0 saturated carbocycles. The van der Waals surface area contributed by atoms with Crippen molar-refractivity contribution >= 4 is 11.3 Å². The molecule has 2 aromatic heterocycles. The molecule has 0 bridgehead atoms. The Labute approximate surface area is 136 Å². The van der Waals surface area contributed by atoms with E-state index < -0.39 is 0 Å². The average Bonchev–Trinajstić information content (AvgIpc) is 3.15. The highest BCUT2D eigenvalue weighted by molar-refractivity contribution is 7.11. The standard InChI is InChI=1S/C17H25N3OS/c1-4-12-11(15(5-2)21-20-12)10-18-13-8-7-9-14-17(13)22-16(6-3)19-14/h13,18H,4-10H2,1-3H3. The van der Waals surface area contributed by atoms with Crippen LogP contribution in [0.5, 0.6) is 0 Å². The molecule has 0 spiro atoms. The molecule has 0 aliphatic heterocycles. The highest BCUT2D eigenvalue weighted by Crippen LogP contribution is 2.34. The van der Waals surface area contributed by atoms with E-state index in [1.165, 1.54) is 34.0 Å². The molecule has 2 aromatic rings. The van der Waals surface area contributed by atoms with E-state index in [2.05, 4.69) is 31.2 Å². The molecule has 4 nitrogen and oxygen atoms in total. The Hall–Kier alpha value is -1.20. The SMILES string of the molecule is CCc1nc2c(s1)C(NCc1c(CC)noc1CC)CCC2. The van der Waals surface area contributed by atoms with Crippen molar-refractivity contribution in [1.82, 2.24) is 15.5 Å². The van der Waals surface area contributed by atoms with Crippen molar-refractivity contribution in [3.8, 4) is 0 Å². The summed E-state index contributed by atoms with van der Waals surface area (Å²) >= 11 is 1.89. The van der Waals surface area contributed by atoms with Gasteiger partial charge in [-0.05, 0) is 32.1 Å². The molecule has 0 amide bonds. The maximum atomic E-state index is 5.47. The van der Waals surface area contributed by atoms with Crippen LogP contribution in [0.4, 0.5) is 0 Å². The van der Waals surface area contributed by atoms with Crippen LogP contribution in [-0.4, -0.2) is 10.1 Å². The molecule has 1 atom stereocenters. The van der Waals surface area contributed by atoms with Crippen LogP contribution in [-0.2, 0) is 32.2 Å². The lowest BCUT2D eigenvalue weighted by molar-refractivity contribution is 0.378. The molecular weight excluding hydrogens is 294 g/mol. The highest BCUT2D eigenvalue weighted by Gasteiger charge is 2.25. The average molecular weight is 319 g/mol. The van der Waals surface area contributed by atoms with Gasteiger partial charge in [-0.2, -0.15) is 0 Å². The van der Waals surface area contributed by atoms with Gasteiger partial charge < -0.3 is 9.84 Å². The van der Waals surface area contributed by atoms with E-state index in [0.29, 0.717) is 6.04 Å². The third kappa shape index (κ3) is 2.97. The van der Waals surface area contributed by atoms with Gasteiger partial charge in [0.15, 0.2) is 0 Å². The van der Waals surface area contributed by atoms with E-state index in [0.717, 1.165) is 43.7 Å². The molecule has 120 valence electrons. The van der Waals surface area contributed by atoms with Crippen LogP contribution < -0.4 is 5.32 Å². The Balaban J connectivity index is 1.75. The summed E-state index contributed by atoms with van der Waals surface area (Å²) in [5, 5.41) is 9.21. The molecule has 1 unspecified atom stereocenters. The lowest BCUT2D eigenvalue weighted by atomic mass is 9.97. The van der Waals surface area contributed by atoms with Gasteiger partial charge in [0.25, 0.3) is 0 Å². The first-order valence-corrected chi connectivity index (χ1v) is 9.26. The Morgan fingerprint density at radius 2 is 2.09 bits per heavy atom. The number of hydrogen-bond donors (Lipinski definition) is 1. The van der Waals surface area contributed by atoms with Crippen LogP contribution in [0, 0.1) is 0 Å². The molecule has 0 saturated heterocycles. The molecule has 0 radical (unpaired) electrons. The van der Waals surface area contributed by atoms with Crippen molar-refractivity contribution in [3.05, 3.63) is 32.6 Å². The smallest absolute Gasteiger partial charge is 0.141 e. The summed E-state index contributed by atoms with van der Waals surface area (Å²) in [7, 11) is 0. The minimum atomic E-state index is 0.436. The summed E-state index contributed by atoms with van der Waals surface area (Å²) in [5.74, 6) is 1.03. The van der Waals surface area contributed by atoms with E-state index in [1.54, 1.807) is 0 Å². The predicted molar refractivity (Wildman–Crippen MR) is 89.3 cm³/mol. The Morgan fingerprint density at radius 1 is 1.23 bits per heavy atom. The van der Waals surface area contributed by atoms with Crippen molar-refractivity contribution in [1.29, 1.82) is 0 Å². The van der Waals surface area contributed by atoms with Crippen LogP contribution in [0.25, 0.3) is 0 Å². The van der Waals surface area contributed by atoms with Gasteiger partial charge in [-0.3, -0.25) is 0 Å². The normalized spacial score (nSPS) is 17.7. The van der Waals surface area contributed by atoms with Crippen LogP contribution in [0.1, 0.15) is 72.3 Å². The van der Waals surface area contributed by atoms with Crippen LogP contribution >= 0.6 is 11.3 Å². The second-order valence-electron chi connectivity index (χ2n) is 5.84. The second kappa shape index (κ2) is 6.92. The summed E-state index contributed by atoms with van der Waals surface area (Å²) in [6, 6.07) is 0.436. The first-order valence-electron chi connectivity index (χ1n) is 8.44. The van der Waals surface area contributed by atoms with Gasteiger partial charge in [0, 0.05) is 29.4 Å². The maximum absolute atomic E-state index is 5.47. The quantitative estimate of drug-likeness (QED) is 0.875. The molecular formula is C17H25N3OS. The van der Waals surface area contributed by atoms with Gasteiger partial charge in [0.2, 0.25) is 0 Å². The highest BCUT2D eigenvalue weighted by atomic mass is 32.1. The number of thiazole rings is 1. The number of nitrogens with zero attached hydrogens (tertiary/aromatic N) is 2. The minimum Gasteiger partial charge on any atom is -0.361 e. The van der Waals surface area contributed by atoms with Gasteiger partial charge in [0.05, 0.1) is 16.4 Å². The molecule has 1 aliphatic rings. The van der Waals surface area contributed by atoms with E-state index in [9.17, 15) is 0 Å². The number of hydrogen-bond acceptors (Lipinski definition) is 5. The number of nitrogens with one attached hydrogen (secondary N) is 1. The fraction of sp³-hybridized carbons (Fsp3) is 0.647. The Kier molecular flexibility index (Phi) is 4.93. The van der Waals surface area contributed by atoms with E-state index in [-0.39, 0.29) is 0 Å². The molecule has 5 heteroatoms. The van der Waals surface area contributed by atoms with Crippen molar-refractivity contribution < 1.29 is 4.52 Å².